The Labute approximate surface area is 95.9 Å². The number of nitrogens with one attached hydrogen (secondary N) is 1. The molecule has 3 nitrogen and oxygen atoms in total. The highest BCUT2D eigenvalue weighted by Gasteiger charge is 2.15. The number of rotatable bonds is 6. The van der Waals surface area contributed by atoms with E-state index in [4.69, 9.17) is 4.74 Å². The molecule has 1 aromatic rings. The van der Waals surface area contributed by atoms with Crippen LogP contribution in [0, 0.1) is 0 Å². The van der Waals surface area contributed by atoms with Crippen molar-refractivity contribution in [2.45, 2.75) is 46.3 Å². The topological polar surface area (TPSA) is 34.2 Å². The lowest BCUT2D eigenvalue weighted by molar-refractivity contribution is -0.0304. The zero-order valence-electron chi connectivity index (χ0n) is 9.96. The summed E-state index contributed by atoms with van der Waals surface area (Å²) < 4.78 is 5.80. The van der Waals surface area contributed by atoms with Crippen LogP contribution in [0.25, 0.3) is 0 Å². The quantitative estimate of drug-likeness (QED) is 0.811. The van der Waals surface area contributed by atoms with E-state index in [0.717, 1.165) is 18.1 Å². The molecule has 0 atom stereocenters. The summed E-state index contributed by atoms with van der Waals surface area (Å²) in [7, 11) is 0. The van der Waals surface area contributed by atoms with Gasteiger partial charge in [0.25, 0.3) is 0 Å². The van der Waals surface area contributed by atoms with Gasteiger partial charge in [0.05, 0.1) is 17.1 Å². The molecule has 0 aliphatic rings. The average Bonchev–Trinajstić information content (AvgIpc) is 2.64. The molecule has 0 aliphatic heterocycles. The molecule has 0 aromatic carbocycles. The highest BCUT2D eigenvalue weighted by atomic mass is 32.1. The molecule has 1 heterocycles. The van der Waals surface area contributed by atoms with Crippen molar-refractivity contribution in [3.05, 3.63) is 11.1 Å². The van der Waals surface area contributed by atoms with Gasteiger partial charge in [0.15, 0.2) is 5.13 Å². The van der Waals surface area contributed by atoms with Gasteiger partial charge in [-0.2, -0.15) is 0 Å². The maximum Gasteiger partial charge on any atom is 0.182 e. The van der Waals surface area contributed by atoms with Gasteiger partial charge in [-0.25, -0.2) is 4.98 Å². The molecule has 1 N–H and O–H groups in total. The molecule has 86 valence electrons. The number of aromatic nitrogens is 1. The van der Waals surface area contributed by atoms with Crippen LogP contribution in [0.4, 0.5) is 5.13 Å². The molecule has 1 aromatic heterocycles. The van der Waals surface area contributed by atoms with E-state index >= 15 is 0 Å². The second-order valence-electron chi connectivity index (χ2n) is 4.06. The van der Waals surface area contributed by atoms with Gasteiger partial charge in [0.1, 0.15) is 0 Å². The maximum atomic E-state index is 5.80. The highest BCUT2D eigenvalue weighted by Crippen LogP contribution is 2.22. The van der Waals surface area contributed by atoms with Crippen molar-refractivity contribution in [2.24, 2.45) is 0 Å². The number of thiazole rings is 1. The van der Waals surface area contributed by atoms with Gasteiger partial charge in [-0.05, 0) is 27.2 Å². The third-order valence-electron chi connectivity index (χ3n) is 2.34. The Morgan fingerprint density at radius 3 is 2.80 bits per heavy atom. The van der Waals surface area contributed by atoms with E-state index in [1.165, 1.54) is 4.88 Å². The van der Waals surface area contributed by atoms with Crippen LogP contribution in [-0.4, -0.2) is 17.1 Å². The predicted molar refractivity (Wildman–Crippen MR) is 65.4 cm³/mol. The monoisotopic (exact) mass is 228 g/mol. The number of hydrogen-bond donors (Lipinski definition) is 1. The van der Waals surface area contributed by atoms with Crippen LogP contribution < -0.4 is 5.32 Å². The van der Waals surface area contributed by atoms with E-state index in [-0.39, 0.29) is 5.60 Å². The summed E-state index contributed by atoms with van der Waals surface area (Å²) >= 11 is 1.66. The Kier molecular flexibility index (Phi) is 4.54. The lowest BCUT2D eigenvalue weighted by atomic mass is 10.1. The third kappa shape index (κ3) is 4.18. The van der Waals surface area contributed by atoms with Gasteiger partial charge in [-0.15, -0.1) is 0 Å². The van der Waals surface area contributed by atoms with Crippen LogP contribution >= 0.6 is 11.3 Å². The second-order valence-corrected chi connectivity index (χ2v) is 5.18. The molecular formula is C11H20N2OS. The standard InChI is InChI=1S/C11H20N2OS/c1-5-11(3,4)14-8-9-7-13-10(15-9)12-6-2/h7H,5-6,8H2,1-4H3,(H,12,13). The smallest absolute Gasteiger partial charge is 0.182 e. The SMILES string of the molecule is CCNc1ncc(COC(C)(C)CC)s1. The summed E-state index contributed by atoms with van der Waals surface area (Å²) in [6.45, 7) is 9.99. The van der Waals surface area contributed by atoms with Gasteiger partial charge in [-0.1, -0.05) is 18.3 Å². The molecule has 0 unspecified atom stereocenters. The summed E-state index contributed by atoms with van der Waals surface area (Å²) in [4.78, 5) is 5.43. The van der Waals surface area contributed by atoms with E-state index in [2.05, 4.69) is 38.0 Å². The highest BCUT2D eigenvalue weighted by molar-refractivity contribution is 7.15. The Morgan fingerprint density at radius 1 is 1.47 bits per heavy atom. The predicted octanol–water partition coefficient (Wildman–Crippen LogP) is 3.28. The normalized spacial score (nSPS) is 11.7. The first-order valence-corrected chi connectivity index (χ1v) is 6.21. The van der Waals surface area contributed by atoms with E-state index in [0.29, 0.717) is 6.61 Å². The minimum atomic E-state index is -0.0393. The number of nitrogens with zero attached hydrogens (tertiary/aromatic N) is 1. The number of anilines is 1. The molecule has 0 amide bonds. The van der Waals surface area contributed by atoms with Crippen molar-refractivity contribution in [3.8, 4) is 0 Å². The molecule has 0 bridgehead atoms. The van der Waals surface area contributed by atoms with E-state index < -0.39 is 0 Å². The van der Waals surface area contributed by atoms with E-state index in [9.17, 15) is 0 Å². The Hall–Kier alpha value is -0.610. The Bertz CT molecular complexity index is 297. The zero-order valence-corrected chi connectivity index (χ0v) is 10.8. The summed E-state index contributed by atoms with van der Waals surface area (Å²) in [5, 5.41) is 4.17. The first-order chi connectivity index (χ1) is 7.07. The van der Waals surface area contributed by atoms with Crippen LogP contribution in [0.2, 0.25) is 0 Å². The molecule has 0 saturated carbocycles. The van der Waals surface area contributed by atoms with E-state index in [1.807, 2.05) is 6.20 Å². The number of ether oxygens (including phenoxy) is 1. The van der Waals surface area contributed by atoms with Crippen molar-refractivity contribution in [1.82, 2.24) is 4.98 Å². The van der Waals surface area contributed by atoms with Gasteiger partial charge >= 0.3 is 0 Å². The molecule has 1 rings (SSSR count). The minimum absolute atomic E-state index is 0.0393. The molecule has 0 fully saturated rings. The van der Waals surface area contributed by atoms with Crippen molar-refractivity contribution in [1.29, 1.82) is 0 Å². The van der Waals surface area contributed by atoms with E-state index in [1.54, 1.807) is 11.3 Å². The Balaban J connectivity index is 2.44. The fourth-order valence-corrected chi connectivity index (χ4v) is 1.77. The first-order valence-electron chi connectivity index (χ1n) is 5.40. The van der Waals surface area contributed by atoms with Crippen molar-refractivity contribution >= 4 is 16.5 Å². The second kappa shape index (κ2) is 5.47. The molecule has 0 saturated heterocycles. The average molecular weight is 228 g/mol. The lowest BCUT2D eigenvalue weighted by Gasteiger charge is -2.22. The maximum absolute atomic E-state index is 5.80. The molecule has 4 heteroatoms. The third-order valence-corrected chi connectivity index (χ3v) is 3.27. The molecule has 15 heavy (non-hydrogen) atoms. The van der Waals surface area contributed by atoms with Crippen LogP contribution in [0.1, 0.15) is 39.0 Å². The Morgan fingerprint density at radius 2 is 2.20 bits per heavy atom. The van der Waals surface area contributed by atoms with Crippen molar-refractivity contribution in [3.63, 3.8) is 0 Å². The lowest BCUT2D eigenvalue weighted by Crippen LogP contribution is -2.22. The fraction of sp³-hybridized carbons (Fsp3) is 0.727. The zero-order chi connectivity index (χ0) is 11.3. The van der Waals surface area contributed by atoms with Gasteiger partial charge in [0.2, 0.25) is 0 Å². The van der Waals surface area contributed by atoms with Gasteiger partial charge < -0.3 is 10.1 Å². The summed E-state index contributed by atoms with van der Waals surface area (Å²) in [6, 6.07) is 0. The van der Waals surface area contributed by atoms with Crippen LogP contribution in [0.5, 0.6) is 0 Å². The van der Waals surface area contributed by atoms with Crippen LogP contribution in [-0.2, 0) is 11.3 Å². The first kappa shape index (κ1) is 12.5. The van der Waals surface area contributed by atoms with Crippen molar-refractivity contribution in [2.75, 3.05) is 11.9 Å². The van der Waals surface area contributed by atoms with Gasteiger partial charge in [0, 0.05) is 12.7 Å². The summed E-state index contributed by atoms with van der Waals surface area (Å²) in [6.07, 6.45) is 2.90. The summed E-state index contributed by atoms with van der Waals surface area (Å²) in [5.74, 6) is 0. The fourth-order valence-electron chi connectivity index (χ4n) is 0.976. The van der Waals surface area contributed by atoms with Crippen LogP contribution in [0.3, 0.4) is 0 Å². The largest absolute Gasteiger partial charge is 0.370 e. The van der Waals surface area contributed by atoms with Gasteiger partial charge in [-0.3, -0.25) is 0 Å². The molecule has 0 spiro atoms. The molecule has 0 aliphatic carbocycles. The molecular weight excluding hydrogens is 208 g/mol. The van der Waals surface area contributed by atoms with Crippen LogP contribution in [0.15, 0.2) is 6.20 Å². The number of hydrogen-bond acceptors (Lipinski definition) is 4. The summed E-state index contributed by atoms with van der Waals surface area (Å²) in [5.41, 5.74) is -0.0393. The minimum Gasteiger partial charge on any atom is -0.370 e. The molecule has 0 radical (unpaired) electrons. The van der Waals surface area contributed by atoms with Crippen molar-refractivity contribution < 1.29 is 4.74 Å².